The smallest absolute Gasteiger partial charge is 0.408 e. The first-order valence-electron chi connectivity index (χ1n) is 18.3. The van der Waals surface area contributed by atoms with E-state index in [9.17, 15) is 29.1 Å². The molecule has 3 aromatic rings. The van der Waals surface area contributed by atoms with E-state index in [0.29, 0.717) is 34.6 Å². The number of likely N-dealkylation sites (tertiary alicyclic amines) is 1. The van der Waals surface area contributed by atoms with E-state index in [1.807, 2.05) is 55.4 Å². The number of fused-ring (bicyclic) bond motifs is 1. The molecule has 1 unspecified atom stereocenters. The molecule has 0 spiro atoms. The second-order valence-electron chi connectivity index (χ2n) is 15.2. The zero-order valence-corrected chi connectivity index (χ0v) is 32.5. The fraction of sp³-hybridized carbons (Fsp3) is 0.415. The number of rotatable bonds is 15. The average molecular weight is 771 g/mol. The number of benzene rings is 2. The van der Waals surface area contributed by atoms with E-state index in [-0.39, 0.29) is 25.9 Å². The van der Waals surface area contributed by atoms with Crippen molar-refractivity contribution in [1.82, 2.24) is 30.7 Å². The van der Waals surface area contributed by atoms with Crippen LogP contribution in [-0.4, -0.2) is 120 Å². The Labute approximate surface area is 326 Å². The SMILES string of the molecule is C=C[C@@H]1C[C@]1(NC(=O)[C@@H]1CC(Oc2cc(-c3ccccc3)nc3cc(OC)ccc23)CN1C(=O)[C@H](CNC(=O)C=CCN(C)C)NC(=O)OC(C)(C)C)C(=O)O. The van der Waals surface area contributed by atoms with Crippen molar-refractivity contribution in [2.75, 3.05) is 40.8 Å². The molecule has 2 aromatic carbocycles. The molecule has 1 saturated heterocycles. The van der Waals surface area contributed by atoms with Gasteiger partial charge in [-0.15, -0.1) is 6.58 Å². The predicted octanol–water partition coefficient (Wildman–Crippen LogP) is 3.53. The number of methoxy groups -OCH3 is 1. The van der Waals surface area contributed by atoms with Gasteiger partial charge in [0.05, 0.1) is 24.9 Å². The van der Waals surface area contributed by atoms with Crippen LogP contribution >= 0.6 is 0 Å². The number of carbonyl (C=O) groups excluding carboxylic acids is 4. The molecule has 2 aliphatic rings. The fourth-order valence-corrected chi connectivity index (χ4v) is 6.51. The third-order valence-electron chi connectivity index (χ3n) is 9.43. The van der Waals surface area contributed by atoms with Gasteiger partial charge in [-0.2, -0.15) is 0 Å². The molecule has 5 atom stereocenters. The quantitative estimate of drug-likeness (QED) is 0.131. The van der Waals surface area contributed by atoms with E-state index < -0.39 is 65.0 Å². The van der Waals surface area contributed by atoms with Crippen molar-refractivity contribution in [3.8, 4) is 22.8 Å². The summed E-state index contributed by atoms with van der Waals surface area (Å²) in [5.41, 5.74) is -0.440. The monoisotopic (exact) mass is 770 g/mol. The lowest BCUT2D eigenvalue weighted by molar-refractivity contribution is -0.145. The number of carboxylic acids is 1. The number of likely N-dealkylation sites (N-methyl/N-ethyl adjacent to an activating group) is 1. The summed E-state index contributed by atoms with van der Waals surface area (Å²) in [4.78, 5) is 74.7. The van der Waals surface area contributed by atoms with Crippen molar-refractivity contribution in [3.05, 3.63) is 79.4 Å². The van der Waals surface area contributed by atoms with Gasteiger partial charge in [0.2, 0.25) is 17.7 Å². The maximum Gasteiger partial charge on any atom is 0.408 e. The fourth-order valence-electron chi connectivity index (χ4n) is 6.51. The number of amides is 4. The molecular formula is C41H50N6O9. The van der Waals surface area contributed by atoms with Crippen LogP contribution in [0.2, 0.25) is 0 Å². The highest BCUT2D eigenvalue weighted by Gasteiger charge is 2.61. The zero-order chi connectivity index (χ0) is 40.8. The maximum absolute atomic E-state index is 14.5. The minimum Gasteiger partial charge on any atom is -0.497 e. The Kier molecular flexibility index (Phi) is 12.7. The summed E-state index contributed by atoms with van der Waals surface area (Å²) in [5.74, 6) is -2.63. The first-order chi connectivity index (χ1) is 26.5. The van der Waals surface area contributed by atoms with Crippen LogP contribution in [0.3, 0.4) is 0 Å². The molecule has 2 fully saturated rings. The third kappa shape index (κ3) is 10.0. The van der Waals surface area contributed by atoms with Gasteiger partial charge in [-0.05, 0) is 53.4 Å². The topological polar surface area (TPSA) is 189 Å². The highest BCUT2D eigenvalue weighted by Crippen LogP contribution is 2.45. The first-order valence-corrected chi connectivity index (χ1v) is 18.3. The van der Waals surface area contributed by atoms with E-state index in [1.165, 1.54) is 17.1 Å². The summed E-state index contributed by atoms with van der Waals surface area (Å²) >= 11 is 0. The Bertz CT molecular complexity index is 2000. The standard InChI is InChI=1S/C41H50N6O9/c1-8-26-22-41(26,38(51)52)45-36(49)33-20-28(55-34-21-30(25-13-10-9-11-14-25)43-31-19-27(54-7)16-17-29(31)34)24-47(33)37(50)32(44-39(53)56-40(2,3)4)23-42-35(48)15-12-18-46(5)6/h8-17,19,21,26,28,32-33H,1,18,20,22-24H2,2-7H3,(H,42,48)(H,44,53)(H,45,49)(H,51,52)/t26-,28?,32+,33+,41-/m1/s1. The summed E-state index contributed by atoms with van der Waals surface area (Å²) < 4.78 is 17.5. The zero-order valence-electron chi connectivity index (χ0n) is 32.5. The molecule has 56 heavy (non-hydrogen) atoms. The molecule has 0 radical (unpaired) electrons. The van der Waals surface area contributed by atoms with Crippen molar-refractivity contribution in [3.63, 3.8) is 0 Å². The molecule has 1 aliphatic heterocycles. The number of nitrogens with zero attached hydrogens (tertiary/aromatic N) is 3. The molecule has 4 amide bonds. The van der Waals surface area contributed by atoms with Crippen molar-refractivity contribution in [2.45, 2.75) is 62.9 Å². The molecule has 4 N–H and O–H groups in total. The van der Waals surface area contributed by atoms with Crippen LogP contribution in [-0.2, 0) is 23.9 Å². The molecule has 15 heteroatoms. The Morgan fingerprint density at radius 1 is 1.11 bits per heavy atom. The lowest BCUT2D eigenvalue weighted by Crippen LogP contribution is -2.58. The number of carbonyl (C=O) groups is 5. The van der Waals surface area contributed by atoms with E-state index in [2.05, 4.69) is 22.5 Å². The number of hydrogen-bond acceptors (Lipinski definition) is 10. The van der Waals surface area contributed by atoms with Gasteiger partial charge in [-0.25, -0.2) is 14.6 Å². The molecule has 1 aliphatic carbocycles. The van der Waals surface area contributed by atoms with Crippen LogP contribution in [0.4, 0.5) is 4.79 Å². The van der Waals surface area contributed by atoms with Gasteiger partial charge in [0, 0.05) is 54.6 Å². The Morgan fingerprint density at radius 3 is 2.46 bits per heavy atom. The van der Waals surface area contributed by atoms with Gasteiger partial charge < -0.3 is 45.1 Å². The second-order valence-corrected chi connectivity index (χ2v) is 15.2. The molecule has 1 aromatic heterocycles. The van der Waals surface area contributed by atoms with E-state index in [4.69, 9.17) is 19.2 Å². The van der Waals surface area contributed by atoms with Gasteiger partial charge in [-0.3, -0.25) is 14.4 Å². The van der Waals surface area contributed by atoms with E-state index in [1.54, 1.807) is 52.2 Å². The lowest BCUT2D eigenvalue weighted by atomic mass is 10.1. The van der Waals surface area contributed by atoms with Crippen molar-refractivity contribution in [2.24, 2.45) is 5.92 Å². The number of hydrogen-bond donors (Lipinski definition) is 4. The van der Waals surface area contributed by atoms with Crippen LogP contribution < -0.4 is 25.4 Å². The first kappa shape index (κ1) is 41.2. The number of ether oxygens (including phenoxy) is 3. The summed E-state index contributed by atoms with van der Waals surface area (Å²) in [6.45, 7) is 8.74. The van der Waals surface area contributed by atoms with Crippen molar-refractivity contribution < 1.29 is 43.3 Å². The summed E-state index contributed by atoms with van der Waals surface area (Å²) in [6.07, 6.45) is 2.87. The second kappa shape index (κ2) is 17.2. The number of nitrogens with one attached hydrogen (secondary N) is 3. The van der Waals surface area contributed by atoms with E-state index >= 15 is 0 Å². The Morgan fingerprint density at radius 2 is 1.84 bits per heavy atom. The van der Waals surface area contributed by atoms with Crippen LogP contribution in [0.5, 0.6) is 11.5 Å². The molecule has 0 bridgehead atoms. The van der Waals surface area contributed by atoms with Crippen molar-refractivity contribution >= 4 is 40.7 Å². The lowest BCUT2D eigenvalue weighted by Gasteiger charge is -2.30. The van der Waals surface area contributed by atoms with Crippen LogP contribution in [0.15, 0.2) is 79.4 Å². The minimum atomic E-state index is -1.57. The summed E-state index contributed by atoms with van der Waals surface area (Å²) in [7, 11) is 5.24. The molecule has 1 saturated carbocycles. The third-order valence-corrected chi connectivity index (χ3v) is 9.43. The predicted molar refractivity (Wildman–Crippen MR) is 209 cm³/mol. The van der Waals surface area contributed by atoms with Crippen LogP contribution in [0.1, 0.15) is 33.6 Å². The average Bonchev–Trinajstić information content (AvgIpc) is 3.71. The van der Waals surface area contributed by atoms with Gasteiger partial charge in [0.25, 0.3) is 0 Å². The number of alkyl carbamates (subject to hydrolysis) is 1. The highest BCUT2D eigenvalue weighted by molar-refractivity contribution is 5.97. The molecular weight excluding hydrogens is 720 g/mol. The normalized spacial score (nSPS) is 21.0. The summed E-state index contributed by atoms with van der Waals surface area (Å²) in [5, 5.41) is 18.6. The number of carboxylic acid groups (broad SMARTS) is 1. The molecule has 5 rings (SSSR count). The van der Waals surface area contributed by atoms with E-state index in [0.717, 1.165) is 5.56 Å². The minimum absolute atomic E-state index is 0.0224. The Balaban J connectivity index is 1.49. The highest BCUT2D eigenvalue weighted by atomic mass is 16.6. The Hall–Kier alpha value is -5.96. The molecule has 2 heterocycles. The van der Waals surface area contributed by atoms with Gasteiger partial charge >= 0.3 is 12.1 Å². The molecule has 15 nitrogen and oxygen atoms in total. The summed E-state index contributed by atoms with van der Waals surface area (Å²) in [6, 6.07) is 14.1. The van der Waals surface area contributed by atoms with Gasteiger partial charge in [0.15, 0.2) is 0 Å². The van der Waals surface area contributed by atoms with Crippen LogP contribution in [0.25, 0.3) is 22.2 Å². The largest absolute Gasteiger partial charge is 0.497 e. The maximum atomic E-state index is 14.5. The number of aliphatic carboxylic acids is 1. The number of aromatic nitrogens is 1. The van der Waals surface area contributed by atoms with Gasteiger partial charge in [0.1, 0.15) is 40.8 Å². The molecule has 298 valence electrons. The van der Waals surface area contributed by atoms with Gasteiger partial charge in [-0.1, -0.05) is 42.5 Å². The van der Waals surface area contributed by atoms with Crippen LogP contribution in [0, 0.1) is 5.92 Å². The number of pyridine rings is 1. The van der Waals surface area contributed by atoms with Crippen molar-refractivity contribution in [1.29, 1.82) is 0 Å².